The van der Waals surface area contributed by atoms with Gasteiger partial charge in [-0.05, 0) is 88.0 Å². The van der Waals surface area contributed by atoms with Gasteiger partial charge in [-0.1, -0.05) is 121 Å². The average Bonchev–Trinajstić information content (AvgIpc) is 3.67. The minimum absolute atomic E-state index is 0.182. The Labute approximate surface area is 281 Å². The van der Waals surface area contributed by atoms with Crippen LogP contribution in [0.3, 0.4) is 0 Å². The van der Waals surface area contributed by atoms with Crippen molar-refractivity contribution in [1.29, 1.82) is 0 Å². The van der Waals surface area contributed by atoms with E-state index >= 15 is 0 Å². The van der Waals surface area contributed by atoms with Gasteiger partial charge in [-0.3, -0.25) is 0 Å². The summed E-state index contributed by atoms with van der Waals surface area (Å²) in [6.07, 6.45) is 1.95. The number of hydrogen-bond donors (Lipinski definition) is 0. The van der Waals surface area contributed by atoms with E-state index in [4.69, 9.17) is 0 Å². The molecule has 1 aliphatic heterocycles. The van der Waals surface area contributed by atoms with Crippen molar-refractivity contribution in [2.75, 3.05) is 0 Å². The van der Waals surface area contributed by atoms with Crippen molar-refractivity contribution < 1.29 is 0 Å². The first kappa shape index (κ1) is 27.9. The summed E-state index contributed by atoms with van der Waals surface area (Å²) in [6, 6.07) is 49.5. The number of fused-ring (bicyclic) bond motifs is 7. The van der Waals surface area contributed by atoms with Crippen LogP contribution in [0.2, 0.25) is 0 Å². The zero-order chi connectivity index (χ0) is 30.6. The molecule has 0 aliphatic carbocycles. The lowest BCUT2D eigenvalue weighted by atomic mass is 9.82. The first-order valence-corrected chi connectivity index (χ1v) is 18.3. The molecule has 0 radical (unpaired) electrons. The van der Waals surface area contributed by atoms with E-state index in [0.717, 1.165) is 12.8 Å². The van der Waals surface area contributed by atoms with Gasteiger partial charge in [-0.2, -0.15) is 0 Å². The highest BCUT2D eigenvalue weighted by Crippen LogP contribution is 2.45. The highest BCUT2D eigenvalue weighted by Gasteiger charge is 2.23. The zero-order valence-corrected chi connectivity index (χ0v) is 27.7. The molecule has 1 atom stereocenters. The Morgan fingerprint density at radius 2 is 1.24 bits per heavy atom. The molecule has 2 aromatic heterocycles. The lowest BCUT2D eigenvalue weighted by Crippen LogP contribution is -2.06. The molecule has 0 spiro atoms. The van der Waals surface area contributed by atoms with Crippen molar-refractivity contribution in [1.82, 2.24) is 0 Å². The summed E-state index contributed by atoms with van der Waals surface area (Å²) >= 11 is 5.64. The number of hydrogen-bond acceptors (Lipinski definition) is 3. The lowest BCUT2D eigenvalue weighted by Gasteiger charge is -2.25. The van der Waals surface area contributed by atoms with Crippen LogP contribution in [0.4, 0.5) is 0 Å². The van der Waals surface area contributed by atoms with Crippen LogP contribution >= 0.6 is 34.4 Å². The normalized spacial score (nSPS) is 15.5. The van der Waals surface area contributed by atoms with E-state index in [-0.39, 0.29) is 5.92 Å². The molecule has 0 bridgehead atoms. The van der Waals surface area contributed by atoms with Crippen molar-refractivity contribution in [3.63, 3.8) is 0 Å². The predicted octanol–water partition coefficient (Wildman–Crippen LogP) is 13.7. The van der Waals surface area contributed by atoms with Crippen molar-refractivity contribution in [3.8, 4) is 11.1 Å². The van der Waals surface area contributed by atoms with Crippen molar-refractivity contribution in [2.45, 2.75) is 23.7 Å². The molecule has 0 fully saturated rings. The van der Waals surface area contributed by atoms with Gasteiger partial charge in [0.25, 0.3) is 0 Å². The molecule has 0 amide bonds. The summed E-state index contributed by atoms with van der Waals surface area (Å²) in [6.45, 7) is 4.49. The smallest absolute Gasteiger partial charge is 0.0433 e. The number of thiophene rings is 2. The first-order chi connectivity index (χ1) is 22.7. The summed E-state index contributed by atoms with van der Waals surface area (Å²) in [7, 11) is 0. The third-order valence-electron chi connectivity index (χ3n) is 9.37. The molecule has 3 heteroatoms. The van der Waals surface area contributed by atoms with Crippen LogP contribution in [0.1, 0.15) is 35.4 Å². The van der Waals surface area contributed by atoms with Gasteiger partial charge in [-0.25, -0.2) is 0 Å². The Morgan fingerprint density at radius 1 is 0.522 bits per heavy atom. The first-order valence-electron chi connectivity index (χ1n) is 15.8. The molecule has 0 N–H and O–H groups in total. The van der Waals surface area contributed by atoms with Gasteiger partial charge in [-0.15, -0.1) is 22.7 Å². The molecular weight excluding hydrogens is 613 g/mol. The Morgan fingerprint density at radius 3 is 2.15 bits per heavy atom. The van der Waals surface area contributed by atoms with Gasteiger partial charge < -0.3 is 0 Å². The summed E-state index contributed by atoms with van der Waals surface area (Å²) in [5.41, 5.74) is 9.24. The van der Waals surface area contributed by atoms with Gasteiger partial charge in [0, 0.05) is 51.2 Å². The molecule has 3 heterocycles. The van der Waals surface area contributed by atoms with Crippen LogP contribution in [0.25, 0.3) is 57.0 Å². The van der Waals surface area contributed by atoms with E-state index in [1.165, 1.54) is 84.2 Å². The van der Waals surface area contributed by atoms with E-state index in [9.17, 15) is 0 Å². The molecule has 8 aromatic rings. The largest absolute Gasteiger partial charge is 0.135 e. The maximum Gasteiger partial charge on any atom is 0.0433 e. The van der Waals surface area contributed by atoms with Crippen LogP contribution in [-0.4, -0.2) is 0 Å². The second-order valence-corrected chi connectivity index (χ2v) is 15.2. The standard InChI is InChI=1S/C43H30S3/c1-27-18-19-31(26-44-38-16-7-5-12-32(27)38)42(28-10-3-2-4-11-28)30-21-23-41-37(25-30)36-24-29(20-22-40(36)45-41)33-14-9-15-35-34-13-6-8-17-39(34)46-43(33)35/h2-17,20-26,42H,1,18-19H2/b31-26+. The van der Waals surface area contributed by atoms with E-state index in [0.29, 0.717) is 0 Å². The number of rotatable bonds is 4. The fraction of sp³-hybridized carbons (Fsp3) is 0.0698. The highest BCUT2D eigenvalue weighted by atomic mass is 32.2. The topological polar surface area (TPSA) is 0 Å². The molecule has 6 aromatic carbocycles. The van der Waals surface area contributed by atoms with Crippen LogP contribution < -0.4 is 0 Å². The van der Waals surface area contributed by atoms with Gasteiger partial charge >= 0.3 is 0 Å². The highest BCUT2D eigenvalue weighted by molar-refractivity contribution is 8.02. The molecule has 0 saturated heterocycles. The molecule has 9 rings (SSSR count). The SMILES string of the molecule is C=C1CC/C(C(c2ccccc2)c2ccc3sc4ccc(-c5cccc6c5sc5ccccc56)cc4c3c2)=C\Sc2ccccc21. The summed E-state index contributed by atoms with van der Waals surface area (Å²) in [4.78, 5) is 1.29. The second-order valence-electron chi connectivity index (χ2n) is 12.1. The maximum atomic E-state index is 4.49. The lowest BCUT2D eigenvalue weighted by molar-refractivity contribution is 0.850. The van der Waals surface area contributed by atoms with Crippen LogP contribution in [-0.2, 0) is 0 Å². The number of allylic oxidation sites excluding steroid dienone is 2. The van der Waals surface area contributed by atoms with Crippen LogP contribution in [0.5, 0.6) is 0 Å². The van der Waals surface area contributed by atoms with E-state index in [2.05, 4.69) is 145 Å². The Bertz CT molecular complexity index is 2470. The van der Waals surface area contributed by atoms with E-state index in [1.54, 1.807) is 0 Å². The maximum absolute atomic E-state index is 4.49. The molecular formula is C43H30S3. The summed E-state index contributed by atoms with van der Waals surface area (Å²) < 4.78 is 5.39. The number of benzene rings is 6. The quantitative estimate of drug-likeness (QED) is 0.184. The Kier molecular flexibility index (Phi) is 6.93. The van der Waals surface area contributed by atoms with Crippen LogP contribution in [0, 0.1) is 0 Å². The van der Waals surface area contributed by atoms with Gasteiger partial charge in [0.2, 0.25) is 0 Å². The fourth-order valence-electron chi connectivity index (χ4n) is 7.08. The molecule has 220 valence electrons. The monoisotopic (exact) mass is 642 g/mol. The molecule has 0 saturated carbocycles. The van der Waals surface area contributed by atoms with Gasteiger partial charge in [0.15, 0.2) is 0 Å². The summed E-state index contributed by atoms with van der Waals surface area (Å²) in [5.74, 6) is 0.182. The average molecular weight is 643 g/mol. The fourth-order valence-corrected chi connectivity index (χ4v) is 10.4. The van der Waals surface area contributed by atoms with Gasteiger partial charge in [0.05, 0.1) is 0 Å². The molecule has 0 nitrogen and oxygen atoms in total. The Balaban J connectivity index is 1.19. The van der Waals surface area contributed by atoms with E-state index in [1.807, 2.05) is 34.4 Å². The van der Waals surface area contributed by atoms with Crippen LogP contribution in [0.15, 0.2) is 156 Å². The minimum atomic E-state index is 0.182. The van der Waals surface area contributed by atoms with Crippen molar-refractivity contribution >= 4 is 80.4 Å². The third-order valence-corrected chi connectivity index (χ3v) is 12.8. The van der Waals surface area contributed by atoms with Crippen molar-refractivity contribution in [2.24, 2.45) is 0 Å². The minimum Gasteiger partial charge on any atom is -0.135 e. The van der Waals surface area contributed by atoms with Gasteiger partial charge in [0.1, 0.15) is 0 Å². The summed E-state index contributed by atoms with van der Waals surface area (Å²) in [5, 5.41) is 7.79. The zero-order valence-electron chi connectivity index (χ0n) is 25.2. The Hall–Kier alpha value is -4.41. The second kappa shape index (κ2) is 11.4. The molecule has 46 heavy (non-hydrogen) atoms. The number of thioether (sulfide) groups is 1. The molecule has 1 aliphatic rings. The third kappa shape index (κ3) is 4.73. The predicted molar refractivity (Wildman–Crippen MR) is 205 cm³/mol. The molecule has 1 unspecified atom stereocenters. The van der Waals surface area contributed by atoms with Crippen molar-refractivity contribution in [3.05, 3.63) is 168 Å². The van der Waals surface area contributed by atoms with E-state index < -0.39 is 0 Å².